The Morgan fingerprint density at radius 1 is 1.37 bits per heavy atom. The van der Waals surface area contributed by atoms with Crippen LogP contribution in [0.25, 0.3) is 0 Å². The second-order valence-corrected chi connectivity index (χ2v) is 4.63. The highest BCUT2D eigenvalue weighted by Gasteiger charge is 2.13. The predicted molar refractivity (Wildman–Crippen MR) is 70.7 cm³/mol. The van der Waals surface area contributed by atoms with E-state index in [1.165, 1.54) is 31.6 Å². The van der Waals surface area contributed by atoms with Crippen LogP contribution >= 0.6 is 15.9 Å². The van der Waals surface area contributed by atoms with E-state index in [2.05, 4.69) is 25.9 Å². The number of Topliss-reactive ketones (excluding diaryl/α,β-unsaturated/α-hetero) is 1. The Morgan fingerprint density at radius 2 is 2.16 bits per heavy atom. The molecule has 0 saturated heterocycles. The number of benzene rings is 1. The SMILES string of the molecule is COc1cc(CC(=O)c2ccc(F)cc2Br)ncn1. The monoisotopic (exact) mass is 324 g/mol. The maximum absolute atomic E-state index is 13.0. The zero-order valence-electron chi connectivity index (χ0n) is 10.1. The van der Waals surface area contributed by atoms with Crippen molar-refractivity contribution in [1.82, 2.24) is 9.97 Å². The van der Waals surface area contributed by atoms with Crippen LogP contribution in [-0.4, -0.2) is 22.9 Å². The molecule has 0 aliphatic heterocycles. The van der Waals surface area contributed by atoms with E-state index < -0.39 is 5.82 Å². The molecule has 0 aliphatic rings. The van der Waals surface area contributed by atoms with E-state index in [0.717, 1.165) is 0 Å². The van der Waals surface area contributed by atoms with E-state index in [1.54, 1.807) is 6.07 Å². The fourth-order valence-electron chi connectivity index (χ4n) is 1.56. The van der Waals surface area contributed by atoms with Crippen molar-refractivity contribution in [3.05, 3.63) is 52.1 Å². The summed E-state index contributed by atoms with van der Waals surface area (Å²) in [5.41, 5.74) is 0.965. The van der Waals surface area contributed by atoms with Crippen molar-refractivity contribution in [3.63, 3.8) is 0 Å². The Kier molecular flexibility index (Phi) is 4.21. The fraction of sp³-hybridized carbons (Fsp3) is 0.154. The van der Waals surface area contributed by atoms with Crippen molar-refractivity contribution in [2.24, 2.45) is 0 Å². The molecule has 1 aromatic heterocycles. The van der Waals surface area contributed by atoms with Crippen LogP contribution in [0.5, 0.6) is 5.88 Å². The lowest BCUT2D eigenvalue weighted by molar-refractivity contribution is 0.0991. The molecule has 0 N–H and O–H groups in total. The average Bonchev–Trinajstić information content (AvgIpc) is 2.38. The minimum Gasteiger partial charge on any atom is -0.481 e. The number of ketones is 1. The van der Waals surface area contributed by atoms with Gasteiger partial charge in [0.25, 0.3) is 0 Å². The van der Waals surface area contributed by atoms with Gasteiger partial charge in [-0.25, -0.2) is 14.4 Å². The van der Waals surface area contributed by atoms with Gasteiger partial charge in [0.15, 0.2) is 5.78 Å². The third-order valence-electron chi connectivity index (χ3n) is 2.48. The zero-order valence-corrected chi connectivity index (χ0v) is 11.6. The predicted octanol–water partition coefficient (Wildman–Crippen LogP) is 2.81. The molecule has 0 radical (unpaired) electrons. The molecule has 1 aromatic carbocycles. The van der Waals surface area contributed by atoms with Crippen LogP contribution in [-0.2, 0) is 6.42 Å². The first kappa shape index (κ1) is 13.6. The molecule has 0 bridgehead atoms. The van der Waals surface area contributed by atoms with Gasteiger partial charge < -0.3 is 4.74 Å². The molecule has 0 aliphatic carbocycles. The lowest BCUT2D eigenvalue weighted by atomic mass is 10.1. The normalized spacial score (nSPS) is 10.3. The summed E-state index contributed by atoms with van der Waals surface area (Å²) in [6, 6.07) is 5.54. The van der Waals surface area contributed by atoms with Crippen molar-refractivity contribution in [2.45, 2.75) is 6.42 Å². The molecule has 6 heteroatoms. The number of rotatable bonds is 4. The van der Waals surface area contributed by atoms with E-state index in [1.807, 2.05) is 0 Å². The largest absolute Gasteiger partial charge is 0.481 e. The molecule has 2 aromatic rings. The molecule has 0 fully saturated rings. The second kappa shape index (κ2) is 5.88. The molecule has 4 nitrogen and oxygen atoms in total. The molecule has 0 spiro atoms. The summed E-state index contributed by atoms with van der Waals surface area (Å²) in [6.45, 7) is 0. The number of ether oxygens (including phenoxy) is 1. The third-order valence-corrected chi connectivity index (χ3v) is 3.14. The van der Waals surface area contributed by atoms with E-state index >= 15 is 0 Å². The summed E-state index contributed by atoms with van der Waals surface area (Å²) in [4.78, 5) is 20.0. The number of aromatic nitrogens is 2. The summed E-state index contributed by atoms with van der Waals surface area (Å²) < 4.78 is 18.3. The summed E-state index contributed by atoms with van der Waals surface area (Å²) in [5, 5.41) is 0. The highest BCUT2D eigenvalue weighted by molar-refractivity contribution is 9.10. The zero-order chi connectivity index (χ0) is 13.8. The van der Waals surface area contributed by atoms with E-state index in [9.17, 15) is 9.18 Å². The molecule has 0 saturated carbocycles. The van der Waals surface area contributed by atoms with Crippen LogP contribution in [0.4, 0.5) is 4.39 Å². The summed E-state index contributed by atoms with van der Waals surface area (Å²) in [6.07, 6.45) is 1.43. The van der Waals surface area contributed by atoms with Gasteiger partial charge in [-0.05, 0) is 34.1 Å². The maximum Gasteiger partial charge on any atom is 0.216 e. The summed E-state index contributed by atoms with van der Waals surface area (Å²) in [7, 11) is 1.49. The number of halogens is 2. The van der Waals surface area contributed by atoms with Gasteiger partial charge in [0.2, 0.25) is 5.88 Å². The molecule has 1 heterocycles. The van der Waals surface area contributed by atoms with Crippen molar-refractivity contribution < 1.29 is 13.9 Å². The molecule has 2 rings (SSSR count). The van der Waals surface area contributed by atoms with Crippen LogP contribution in [0.2, 0.25) is 0 Å². The first-order valence-electron chi connectivity index (χ1n) is 5.43. The van der Waals surface area contributed by atoms with E-state index in [0.29, 0.717) is 21.6 Å². The minimum absolute atomic E-state index is 0.100. The van der Waals surface area contributed by atoms with Gasteiger partial charge in [0.05, 0.1) is 19.2 Å². The molecular weight excluding hydrogens is 315 g/mol. The summed E-state index contributed by atoms with van der Waals surface area (Å²) in [5.74, 6) is -0.157. The van der Waals surface area contributed by atoms with Crippen molar-refractivity contribution in [3.8, 4) is 5.88 Å². The first-order valence-corrected chi connectivity index (χ1v) is 6.22. The van der Waals surface area contributed by atoms with Gasteiger partial charge in [-0.1, -0.05) is 0 Å². The lowest BCUT2D eigenvalue weighted by Crippen LogP contribution is -2.06. The van der Waals surface area contributed by atoms with Gasteiger partial charge in [0.1, 0.15) is 12.1 Å². The van der Waals surface area contributed by atoms with Crippen LogP contribution in [0, 0.1) is 5.82 Å². The number of carbonyl (C=O) groups excluding carboxylic acids is 1. The number of hydrogen-bond donors (Lipinski definition) is 0. The highest BCUT2D eigenvalue weighted by atomic mass is 79.9. The van der Waals surface area contributed by atoms with Gasteiger partial charge in [-0.15, -0.1) is 0 Å². The number of carbonyl (C=O) groups is 1. The molecule has 0 unspecified atom stereocenters. The molecule has 0 amide bonds. The van der Waals surface area contributed by atoms with E-state index in [-0.39, 0.29) is 12.2 Å². The second-order valence-electron chi connectivity index (χ2n) is 3.78. The van der Waals surface area contributed by atoms with Crippen molar-refractivity contribution in [2.75, 3.05) is 7.11 Å². The summed E-state index contributed by atoms with van der Waals surface area (Å²) >= 11 is 3.17. The lowest BCUT2D eigenvalue weighted by Gasteiger charge is -2.04. The van der Waals surface area contributed by atoms with Gasteiger partial charge in [-0.3, -0.25) is 4.79 Å². The molecule has 19 heavy (non-hydrogen) atoms. The number of hydrogen-bond acceptors (Lipinski definition) is 4. The standard InChI is InChI=1S/C13H10BrFN2O2/c1-19-13-6-9(16-7-17-13)5-12(18)10-3-2-8(15)4-11(10)14/h2-4,6-7H,5H2,1H3. The Balaban J connectivity index is 2.20. The van der Waals surface area contributed by atoms with Crippen molar-refractivity contribution >= 4 is 21.7 Å². The Morgan fingerprint density at radius 3 is 2.84 bits per heavy atom. The number of nitrogens with zero attached hydrogens (tertiary/aromatic N) is 2. The molecule has 98 valence electrons. The first-order chi connectivity index (χ1) is 9.10. The van der Waals surface area contributed by atoms with Crippen LogP contribution in [0.1, 0.15) is 16.1 Å². The van der Waals surface area contributed by atoms with Gasteiger partial charge >= 0.3 is 0 Å². The Hall–Kier alpha value is -1.82. The van der Waals surface area contributed by atoms with Gasteiger partial charge in [-0.2, -0.15) is 0 Å². The highest BCUT2D eigenvalue weighted by Crippen LogP contribution is 2.20. The van der Waals surface area contributed by atoms with E-state index in [4.69, 9.17) is 4.74 Å². The maximum atomic E-state index is 13.0. The molecular formula is C13H10BrFN2O2. The minimum atomic E-state index is -0.396. The Bertz CT molecular complexity index is 619. The smallest absolute Gasteiger partial charge is 0.216 e. The quantitative estimate of drug-likeness (QED) is 0.811. The molecule has 0 atom stereocenters. The third kappa shape index (κ3) is 3.35. The fourth-order valence-corrected chi connectivity index (χ4v) is 2.13. The van der Waals surface area contributed by atoms with Crippen LogP contribution in [0.3, 0.4) is 0 Å². The Labute approximate surface area is 117 Å². The van der Waals surface area contributed by atoms with Crippen LogP contribution in [0.15, 0.2) is 35.1 Å². The average molecular weight is 325 g/mol. The number of methoxy groups -OCH3 is 1. The van der Waals surface area contributed by atoms with Crippen molar-refractivity contribution in [1.29, 1.82) is 0 Å². The van der Waals surface area contributed by atoms with Crippen LogP contribution < -0.4 is 4.74 Å². The topological polar surface area (TPSA) is 52.1 Å². The van der Waals surface area contributed by atoms with Gasteiger partial charge in [0, 0.05) is 16.1 Å².